The standard InChI is InChI=1S/C31H36F3N5O4S/c1-2-38-20-36-29-26(38)16-23(17-27(29)39-12-7-13-44(39,42)43)30(41)37-25(15-21-8-4-3-5-9-21)28(40)19-35-18-22-10-6-11-24(14-22)31(32,33)34/h3-6,8-11,14,16-17,20,25,28,35,40,42-43H,2,7,12-13,15,18-19H2,1H3,(H,37,41)/t25-,28+/m0/s1. The van der Waals surface area contributed by atoms with E-state index >= 15 is 0 Å². The monoisotopic (exact) mass is 631 g/mol. The van der Waals surface area contributed by atoms with E-state index in [9.17, 15) is 32.2 Å². The average Bonchev–Trinajstić information content (AvgIpc) is 3.58. The summed E-state index contributed by atoms with van der Waals surface area (Å²) in [7, 11) is -3.05. The summed E-state index contributed by atoms with van der Waals surface area (Å²) in [5.41, 5.74) is 2.50. The minimum atomic E-state index is -4.45. The lowest BCUT2D eigenvalue weighted by molar-refractivity contribution is -0.137. The van der Waals surface area contributed by atoms with E-state index in [1.807, 2.05) is 41.8 Å². The van der Waals surface area contributed by atoms with Crippen molar-refractivity contribution in [2.24, 2.45) is 0 Å². The van der Waals surface area contributed by atoms with Gasteiger partial charge in [-0.05, 0) is 49.1 Å². The fourth-order valence-electron chi connectivity index (χ4n) is 5.42. The highest BCUT2D eigenvalue weighted by atomic mass is 32.3. The van der Waals surface area contributed by atoms with E-state index in [2.05, 4.69) is 15.6 Å². The summed E-state index contributed by atoms with van der Waals surface area (Å²) in [5.74, 6) is -0.233. The lowest BCUT2D eigenvalue weighted by atomic mass is 10.00. The Labute approximate surface area is 255 Å². The van der Waals surface area contributed by atoms with Gasteiger partial charge in [0.05, 0.1) is 41.0 Å². The van der Waals surface area contributed by atoms with Gasteiger partial charge >= 0.3 is 6.18 Å². The maximum atomic E-state index is 13.8. The van der Waals surface area contributed by atoms with Gasteiger partial charge in [0.1, 0.15) is 5.52 Å². The summed E-state index contributed by atoms with van der Waals surface area (Å²) in [6, 6.07) is 16.9. The Bertz CT molecular complexity index is 1600. The number of alkyl halides is 3. The number of aromatic nitrogens is 2. The number of hydrogen-bond acceptors (Lipinski definition) is 7. The molecule has 0 spiro atoms. The Balaban J connectivity index is 1.37. The average molecular weight is 632 g/mol. The molecule has 0 unspecified atom stereocenters. The number of aryl methyl sites for hydroxylation is 1. The molecule has 4 aromatic rings. The van der Waals surface area contributed by atoms with Crippen LogP contribution in [-0.2, 0) is 25.7 Å². The van der Waals surface area contributed by atoms with E-state index in [4.69, 9.17) is 0 Å². The minimum Gasteiger partial charge on any atom is -0.390 e. The smallest absolute Gasteiger partial charge is 0.390 e. The van der Waals surface area contributed by atoms with Crippen molar-refractivity contribution in [1.29, 1.82) is 0 Å². The molecule has 0 aliphatic carbocycles. The SMILES string of the molecule is CCn1cnc2c(N3CCCS3(O)O)cc(C(=O)N[C@@H](Cc3ccccc3)[C@H](O)CNCc3cccc(C(F)(F)F)c3)cc21. The van der Waals surface area contributed by atoms with Gasteiger partial charge < -0.3 is 20.3 Å². The molecule has 3 aromatic carbocycles. The number of amides is 1. The summed E-state index contributed by atoms with van der Waals surface area (Å²) < 4.78 is 64.1. The van der Waals surface area contributed by atoms with Crippen LogP contribution in [0.5, 0.6) is 0 Å². The molecule has 1 aliphatic heterocycles. The van der Waals surface area contributed by atoms with E-state index in [1.54, 1.807) is 24.5 Å². The second kappa shape index (κ2) is 13.2. The third kappa shape index (κ3) is 7.19. The molecular weight excluding hydrogens is 595 g/mol. The van der Waals surface area contributed by atoms with Crippen LogP contribution in [-0.4, -0.2) is 60.7 Å². The maximum Gasteiger partial charge on any atom is 0.416 e. The number of anilines is 1. The number of hydrogen-bond donors (Lipinski definition) is 5. The van der Waals surface area contributed by atoms with Gasteiger partial charge in [0.15, 0.2) is 0 Å². The van der Waals surface area contributed by atoms with E-state index in [1.165, 1.54) is 10.4 Å². The number of carbonyl (C=O) groups excluding carboxylic acids is 1. The first-order chi connectivity index (χ1) is 21.0. The number of fused-ring (bicyclic) bond motifs is 1. The first-order valence-corrected chi connectivity index (χ1v) is 16.1. The molecule has 0 radical (unpaired) electrons. The third-order valence-electron chi connectivity index (χ3n) is 7.73. The van der Waals surface area contributed by atoms with Crippen LogP contribution in [0.4, 0.5) is 18.9 Å². The van der Waals surface area contributed by atoms with Crippen molar-refractivity contribution in [1.82, 2.24) is 20.2 Å². The van der Waals surface area contributed by atoms with Crippen LogP contribution in [0.15, 0.2) is 73.1 Å². The Morgan fingerprint density at radius 2 is 1.82 bits per heavy atom. The van der Waals surface area contributed by atoms with Gasteiger partial charge in [0.2, 0.25) is 0 Å². The zero-order chi connectivity index (χ0) is 31.5. The second-order valence-corrected chi connectivity index (χ2v) is 13.0. The van der Waals surface area contributed by atoms with Gasteiger partial charge in [0.25, 0.3) is 5.91 Å². The lowest BCUT2D eigenvalue weighted by Gasteiger charge is -2.38. The van der Waals surface area contributed by atoms with Crippen LogP contribution >= 0.6 is 10.8 Å². The van der Waals surface area contributed by atoms with Gasteiger partial charge in [0, 0.05) is 31.7 Å². The third-order valence-corrected chi connectivity index (χ3v) is 9.65. The number of aliphatic hydroxyl groups excluding tert-OH is 1. The largest absolute Gasteiger partial charge is 0.416 e. The van der Waals surface area contributed by atoms with Gasteiger partial charge in [-0.1, -0.05) is 48.5 Å². The number of halogens is 3. The predicted octanol–water partition coefficient (Wildman–Crippen LogP) is 5.44. The summed E-state index contributed by atoms with van der Waals surface area (Å²) in [6.45, 7) is 3.04. The molecule has 236 valence electrons. The number of benzene rings is 3. The molecule has 2 heterocycles. The summed E-state index contributed by atoms with van der Waals surface area (Å²) in [4.78, 5) is 18.2. The van der Waals surface area contributed by atoms with Crippen molar-refractivity contribution in [2.45, 2.75) is 51.2 Å². The summed E-state index contributed by atoms with van der Waals surface area (Å²) >= 11 is 0. The van der Waals surface area contributed by atoms with E-state index in [0.29, 0.717) is 48.2 Å². The summed E-state index contributed by atoms with van der Waals surface area (Å²) in [5, 5.41) is 17.2. The number of aliphatic hydroxyl groups is 1. The van der Waals surface area contributed by atoms with E-state index in [-0.39, 0.29) is 24.4 Å². The quantitative estimate of drug-likeness (QED) is 0.149. The fourth-order valence-corrected chi connectivity index (χ4v) is 7.03. The molecule has 13 heteroatoms. The van der Waals surface area contributed by atoms with Crippen molar-refractivity contribution >= 4 is 33.4 Å². The summed E-state index contributed by atoms with van der Waals surface area (Å²) in [6.07, 6.45) is -3.00. The number of rotatable bonds is 11. The number of nitrogens with zero attached hydrogens (tertiary/aromatic N) is 3. The van der Waals surface area contributed by atoms with Crippen LogP contribution < -0.4 is 14.9 Å². The Hall–Kier alpha value is -3.62. The van der Waals surface area contributed by atoms with Crippen molar-refractivity contribution in [2.75, 3.05) is 23.1 Å². The minimum absolute atomic E-state index is 0.00952. The molecule has 1 amide bonds. The van der Waals surface area contributed by atoms with Gasteiger partial charge in [-0.2, -0.15) is 13.2 Å². The molecule has 44 heavy (non-hydrogen) atoms. The van der Waals surface area contributed by atoms with Gasteiger partial charge in [-0.25, -0.2) is 4.98 Å². The fraction of sp³-hybridized carbons (Fsp3) is 0.355. The molecule has 1 fully saturated rings. The molecule has 9 nitrogen and oxygen atoms in total. The molecule has 1 aromatic heterocycles. The zero-order valence-corrected chi connectivity index (χ0v) is 25.0. The van der Waals surface area contributed by atoms with Crippen LogP contribution in [0, 0.1) is 0 Å². The second-order valence-electron chi connectivity index (χ2n) is 10.9. The van der Waals surface area contributed by atoms with Crippen LogP contribution in [0.3, 0.4) is 0 Å². The Morgan fingerprint density at radius 1 is 1.07 bits per heavy atom. The van der Waals surface area contributed by atoms with Gasteiger partial charge in [-0.3, -0.25) is 18.2 Å². The lowest BCUT2D eigenvalue weighted by Crippen LogP contribution is -2.48. The first kappa shape index (κ1) is 31.8. The normalized spacial score (nSPS) is 17.0. The maximum absolute atomic E-state index is 13.8. The highest BCUT2D eigenvalue weighted by molar-refractivity contribution is 8.25. The topological polar surface area (TPSA) is 123 Å². The Morgan fingerprint density at radius 3 is 2.50 bits per heavy atom. The van der Waals surface area contributed by atoms with Crippen LogP contribution in [0.2, 0.25) is 0 Å². The number of nitrogens with one attached hydrogen (secondary N) is 2. The van der Waals surface area contributed by atoms with Crippen molar-refractivity contribution in [3.8, 4) is 0 Å². The molecule has 1 aliphatic rings. The molecule has 2 atom stereocenters. The van der Waals surface area contributed by atoms with Crippen LogP contribution in [0.25, 0.3) is 11.0 Å². The van der Waals surface area contributed by atoms with E-state index in [0.717, 1.165) is 17.7 Å². The molecular formula is C31H36F3N5O4S. The highest BCUT2D eigenvalue weighted by Gasteiger charge is 2.33. The van der Waals surface area contributed by atoms with Crippen LogP contribution in [0.1, 0.15) is 40.4 Å². The zero-order valence-electron chi connectivity index (χ0n) is 24.2. The van der Waals surface area contributed by atoms with Crippen molar-refractivity contribution in [3.63, 3.8) is 0 Å². The van der Waals surface area contributed by atoms with Gasteiger partial charge in [-0.15, -0.1) is 10.8 Å². The van der Waals surface area contributed by atoms with E-state index < -0.39 is 40.6 Å². The molecule has 5 N–H and O–H groups in total. The molecule has 0 bridgehead atoms. The highest BCUT2D eigenvalue weighted by Crippen LogP contribution is 2.52. The molecule has 0 saturated carbocycles. The number of carbonyl (C=O) groups is 1. The molecule has 1 saturated heterocycles. The van der Waals surface area contributed by atoms with Crippen molar-refractivity contribution < 1.29 is 32.2 Å². The molecule has 5 rings (SSSR count). The van der Waals surface area contributed by atoms with Crippen molar-refractivity contribution in [3.05, 3.63) is 95.3 Å². The Kier molecular flexibility index (Phi) is 9.51. The number of imidazole rings is 1. The predicted molar refractivity (Wildman–Crippen MR) is 166 cm³/mol. The first-order valence-electron chi connectivity index (χ1n) is 14.4.